The van der Waals surface area contributed by atoms with Gasteiger partial charge in [0.25, 0.3) is 11.1 Å². The highest BCUT2D eigenvalue weighted by Crippen LogP contribution is 2.31. The first-order valence-corrected chi connectivity index (χ1v) is 9.14. The Labute approximate surface area is 159 Å². The lowest BCUT2D eigenvalue weighted by molar-refractivity contribution is -0.124. The van der Waals surface area contributed by atoms with Crippen LogP contribution in [0, 0.1) is 5.82 Å². The van der Waals surface area contributed by atoms with E-state index in [9.17, 15) is 18.8 Å². The van der Waals surface area contributed by atoms with Crippen molar-refractivity contribution in [1.29, 1.82) is 0 Å². The number of aryl methyl sites for hydroxylation is 1. The topological polar surface area (TPSA) is 79.6 Å². The van der Waals surface area contributed by atoms with Crippen LogP contribution in [0.2, 0.25) is 0 Å². The molecule has 1 aliphatic rings. The smallest absolute Gasteiger partial charge is 0.293 e. The van der Waals surface area contributed by atoms with Gasteiger partial charge in [-0.3, -0.25) is 19.3 Å². The molecule has 0 unspecified atom stereocenters. The fourth-order valence-corrected chi connectivity index (χ4v) is 3.36. The van der Waals surface area contributed by atoms with Crippen molar-refractivity contribution in [3.05, 3.63) is 64.7 Å². The Hall–Kier alpha value is -2.87. The molecule has 8 heteroatoms. The Morgan fingerprint density at radius 3 is 2.70 bits per heavy atom. The molecular formula is C19H17FN2O4S. The predicted molar refractivity (Wildman–Crippen MR) is 99.1 cm³/mol. The van der Waals surface area contributed by atoms with Gasteiger partial charge in [-0.25, -0.2) is 4.39 Å². The van der Waals surface area contributed by atoms with Gasteiger partial charge in [-0.15, -0.1) is 0 Å². The first kappa shape index (κ1) is 18.9. The summed E-state index contributed by atoms with van der Waals surface area (Å²) in [4.78, 5) is 37.6. The number of halogens is 1. The van der Waals surface area contributed by atoms with Crippen molar-refractivity contribution >= 4 is 34.9 Å². The second kappa shape index (κ2) is 8.68. The van der Waals surface area contributed by atoms with Crippen molar-refractivity contribution in [3.8, 4) is 0 Å². The second-order valence-electron chi connectivity index (χ2n) is 5.81. The van der Waals surface area contributed by atoms with Gasteiger partial charge in [0.1, 0.15) is 11.6 Å². The summed E-state index contributed by atoms with van der Waals surface area (Å²) in [5.74, 6) is -0.246. The molecule has 3 rings (SSSR count). The Morgan fingerprint density at radius 1 is 1.22 bits per heavy atom. The maximum absolute atomic E-state index is 12.9. The number of nitrogens with one attached hydrogen (secondary N) is 1. The molecule has 2 heterocycles. The number of amides is 3. The first-order chi connectivity index (χ1) is 13.0. The quantitative estimate of drug-likeness (QED) is 0.737. The molecule has 27 heavy (non-hydrogen) atoms. The van der Waals surface area contributed by atoms with Gasteiger partial charge in [-0.2, -0.15) is 0 Å². The van der Waals surface area contributed by atoms with Gasteiger partial charge in [-0.05, 0) is 47.7 Å². The maximum Gasteiger partial charge on any atom is 0.293 e. The number of benzene rings is 1. The molecular weight excluding hydrogens is 371 g/mol. The summed E-state index contributed by atoms with van der Waals surface area (Å²) in [6, 6.07) is 9.18. The third-order valence-electron chi connectivity index (χ3n) is 3.88. The minimum atomic E-state index is -0.417. The predicted octanol–water partition coefficient (Wildman–Crippen LogP) is 3.20. The molecule has 1 aromatic carbocycles. The van der Waals surface area contributed by atoms with Gasteiger partial charge in [0.15, 0.2) is 0 Å². The Balaban J connectivity index is 1.48. The van der Waals surface area contributed by atoms with Gasteiger partial charge in [0.2, 0.25) is 5.91 Å². The van der Waals surface area contributed by atoms with Crippen molar-refractivity contribution in [3.63, 3.8) is 0 Å². The summed E-state index contributed by atoms with van der Waals surface area (Å²) in [7, 11) is 0. The fraction of sp³-hybridized carbons (Fsp3) is 0.211. The lowest BCUT2D eigenvalue weighted by Crippen LogP contribution is -2.37. The summed E-state index contributed by atoms with van der Waals surface area (Å²) in [5, 5.41) is 2.30. The van der Waals surface area contributed by atoms with E-state index in [0.29, 0.717) is 12.0 Å². The molecule has 1 aliphatic heterocycles. The van der Waals surface area contributed by atoms with E-state index in [2.05, 4.69) is 5.32 Å². The van der Waals surface area contributed by atoms with Crippen LogP contribution in [0.4, 0.5) is 9.18 Å². The number of carbonyl (C=O) groups excluding carboxylic acids is 3. The Kier molecular flexibility index (Phi) is 6.08. The third kappa shape index (κ3) is 5.07. The molecule has 0 spiro atoms. The molecule has 0 saturated carbocycles. The second-order valence-corrected chi connectivity index (χ2v) is 6.81. The van der Waals surface area contributed by atoms with Gasteiger partial charge in [0.05, 0.1) is 11.2 Å². The number of rotatable bonds is 7. The van der Waals surface area contributed by atoms with Crippen LogP contribution in [0.15, 0.2) is 52.0 Å². The van der Waals surface area contributed by atoms with Crippen LogP contribution in [-0.2, 0) is 16.0 Å². The van der Waals surface area contributed by atoms with Crippen LogP contribution in [0.25, 0.3) is 6.08 Å². The number of imide groups is 1. The number of hydrogen-bond donors (Lipinski definition) is 1. The Morgan fingerprint density at radius 2 is 2.00 bits per heavy atom. The first-order valence-electron chi connectivity index (χ1n) is 8.33. The van der Waals surface area contributed by atoms with E-state index < -0.39 is 11.1 Å². The lowest BCUT2D eigenvalue weighted by Gasteiger charge is -2.12. The molecule has 1 N–H and O–H groups in total. The van der Waals surface area contributed by atoms with Crippen LogP contribution in [0.5, 0.6) is 0 Å². The molecule has 0 aliphatic carbocycles. The third-order valence-corrected chi connectivity index (χ3v) is 4.78. The zero-order valence-electron chi connectivity index (χ0n) is 14.3. The van der Waals surface area contributed by atoms with Crippen molar-refractivity contribution in [2.45, 2.75) is 12.8 Å². The van der Waals surface area contributed by atoms with Crippen LogP contribution >= 0.6 is 11.8 Å². The lowest BCUT2D eigenvalue weighted by atomic mass is 10.2. The highest BCUT2D eigenvalue weighted by atomic mass is 32.2. The van der Waals surface area contributed by atoms with Crippen LogP contribution in [0.1, 0.15) is 17.7 Å². The van der Waals surface area contributed by atoms with Crippen LogP contribution in [-0.4, -0.2) is 35.0 Å². The average Bonchev–Trinajstić information content (AvgIpc) is 3.26. The van der Waals surface area contributed by atoms with Gasteiger partial charge in [-0.1, -0.05) is 12.1 Å². The van der Waals surface area contributed by atoms with Crippen molar-refractivity contribution in [2.75, 3.05) is 13.1 Å². The molecule has 0 bridgehead atoms. The monoisotopic (exact) mass is 388 g/mol. The van der Waals surface area contributed by atoms with Crippen LogP contribution in [0.3, 0.4) is 0 Å². The largest absolute Gasteiger partial charge is 0.469 e. The standard InChI is InChI=1S/C19H17FN2O4S/c20-14-5-3-13(4-6-14)12-16-18(24)22(19(25)27-16)10-9-21-17(23)8-7-15-2-1-11-26-15/h1-6,11-12H,7-10H2,(H,21,23)/b16-12-. The highest BCUT2D eigenvalue weighted by Gasteiger charge is 2.34. The number of furan rings is 1. The summed E-state index contributed by atoms with van der Waals surface area (Å²) in [6.45, 7) is 0.275. The van der Waals surface area contributed by atoms with Gasteiger partial charge >= 0.3 is 0 Å². The van der Waals surface area contributed by atoms with E-state index in [1.807, 2.05) is 0 Å². The zero-order valence-corrected chi connectivity index (χ0v) is 15.1. The molecule has 1 saturated heterocycles. The minimum Gasteiger partial charge on any atom is -0.469 e. The van der Waals surface area contributed by atoms with E-state index in [4.69, 9.17) is 4.42 Å². The molecule has 3 amide bonds. The number of thioether (sulfide) groups is 1. The molecule has 1 aromatic heterocycles. The van der Waals surface area contributed by atoms with E-state index in [1.165, 1.54) is 24.3 Å². The SMILES string of the molecule is O=C(CCc1ccco1)NCCN1C(=O)S/C(=C\c2ccc(F)cc2)C1=O. The van der Waals surface area contributed by atoms with E-state index >= 15 is 0 Å². The Bertz CT molecular complexity index is 862. The molecule has 0 atom stereocenters. The molecule has 6 nitrogen and oxygen atoms in total. The normalized spacial score (nSPS) is 15.6. The molecule has 0 radical (unpaired) electrons. The number of nitrogens with zero attached hydrogens (tertiary/aromatic N) is 1. The minimum absolute atomic E-state index is 0.0952. The zero-order chi connectivity index (χ0) is 19.2. The molecule has 2 aromatic rings. The van der Waals surface area contributed by atoms with Crippen LogP contribution < -0.4 is 5.32 Å². The number of carbonyl (C=O) groups is 3. The van der Waals surface area contributed by atoms with Crippen molar-refractivity contribution in [1.82, 2.24) is 10.2 Å². The van der Waals surface area contributed by atoms with Gasteiger partial charge < -0.3 is 9.73 Å². The van der Waals surface area contributed by atoms with Crippen molar-refractivity contribution in [2.24, 2.45) is 0 Å². The fourth-order valence-electron chi connectivity index (χ4n) is 2.49. The summed E-state index contributed by atoms with van der Waals surface area (Å²) < 4.78 is 18.1. The van der Waals surface area contributed by atoms with Gasteiger partial charge in [0, 0.05) is 25.9 Å². The van der Waals surface area contributed by atoms with E-state index in [0.717, 1.165) is 22.4 Å². The number of hydrogen-bond acceptors (Lipinski definition) is 5. The van der Waals surface area contributed by atoms with Crippen molar-refractivity contribution < 1.29 is 23.2 Å². The summed E-state index contributed by atoms with van der Waals surface area (Å²) in [5.41, 5.74) is 0.633. The maximum atomic E-state index is 12.9. The van der Waals surface area contributed by atoms with E-state index in [1.54, 1.807) is 24.5 Å². The molecule has 1 fully saturated rings. The summed E-state index contributed by atoms with van der Waals surface area (Å²) >= 11 is 0.828. The average molecular weight is 388 g/mol. The molecule has 140 valence electrons. The van der Waals surface area contributed by atoms with E-state index in [-0.39, 0.29) is 36.1 Å². The summed E-state index contributed by atoms with van der Waals surface area (Å²) in [6.07, 6.45) is 3.85. The highest BCUT2D eigenvalue weighted by molar-refractivity contribution is 8.18.